The number of non-ortho nitro benzene ring substituents is 1. The van der Waals surface area contributed by atoms with E-state index in [1.807, 2.05) is 43.3 Å². The van der Waals surface area contributed by atoms with E-state index in [0.29, 0.717) is 16.9 Å². The molecule has 0 saturated heterocycles. The lowest BCUT2D eigenvalue weighted by molar-refractivity contribution is -0.384. The fourth-order valence-corrected chi connectivity index (χ4v) is 4.09. The van der Waals surface area contributed by atoms with Gasteiger partial charge < -0.3 is 4.74 Å². The Morgan fingerprint density at radius 1 is 1.17 bits per heavy atom. The number of hydrazone groups is 1. The number of hydrogen-bond acceptors (Lipinski definition) is 6. The number of rotatable bonds is 6. The Kier molecular flexibility index (Phi) is 5.40. The monoisotopic (exact) mass is 419 g/mol. The highest BCUT2D eigenvalue weighted by Crippen LogP contribution is 2.29. The molecule has 0 atom stereocenters. The largest absolute Gasteiger partial charge is 0.493 e. The Morgan fingerprint density at radius 3 is 2.73 bits per heavy atom. The van der Waals surface area contributed by atoms with Crippen molar-refractivity contribution in [3.8, 4) is 5.75 Å². The third-order valence-corrected chi connectivity index (χ3v) is 5.64. The first-order valence-electron chi connectivity index (χ1n) is 9.22. The summed E-state index contributed by atoms with van der Waals surface area (Å²) >= 11 is 1.26. The first-order chi connectivity index (χ1) is 14.6. The lowest BCUT2D eigenvalue weighted by Gasteiger charge is -2.09. The Hall–Kier alpha value is -3.78. The molecule has 0 bridgehead atoms. The van der Waals surface area contributed by atoms with Crippen molar-refractivity contribution in [2.75, 3.05) is 6.61 Å². The minimum Gasteiger partial charge on any atom is -0.493 e. The summed E-state index contributed by atoms with van der Waals surface area (Å²) in [6.07, 6.45) is 1.59. The first kappa shape index (κ1) is 19.5. The summed E-state index contributed by atoms with van der Waals surface area (Å²) in [5.74, 6) is 0.430. The van der Waals surface area contributed by atoms with Crippen LogP contribution in [0.1, 0.15) is 22.2 Å². The number of nitro groups is 1. The molecular formula is C22H17N3O4S. The number of carbonyl (C=O) groups excluding carboxylic acids is 1. The number of nitrogens with one attached hydrogen (secondary N) is 1. The van der Waals surface area contributed by atoms with Gasteiger partial charge in [-0.15, -0.1) is 11.3 Å². The molecule has 3 aromatic carbocycles. The molecule has 150 valence electrons. The molecule has 0 aliphatic rings. The highest BCUT2D eigenvalue weighted by atomic mass is 32.1. The smallest absolute Gasteiger partial charge is 0.281 e. The van der Waals surface area contributed by atoms with Gasteiger partial charge in [-0.2, -0.15) is 5.10 Å². The van der Waals surface area contributed by atoms with Crippen LogP contribution >= 0.6 is 11.3 Å². The van der Waals surface area contributed by atoms with E-state index in [0.717, 1.165) is 26.8 Å². The highest BCUT2D eigenvalue weighted by molar-refractivity contribution is 7.20. The van der Waals surface area contributed by atoms with Crippen LogP contribution in [0.3, 0.4) is 0 Å². The summed E-state index contributed by atoms with van der Waals surface area (Å²) in [7, 11) is 0. The molecule has 4 rings (SSSR count). The topological polar surface area (TPSA) is 93.8 Å². The molecule has 1 N–H and O–H groups in total. The minimum atomic E-state index is -0.456. The molecule has 30 heavy (non-hydrogen) atoms. The molecule has 1 aromatic heterocycles. The van der Waals surface area contributed by atoms with Crippen molar-refractivity contribution in [3.05, 3.63) is 81.2 Å². The van der Waals surface area contributed by atoms with Gasteiger partial charge in [0, 0.05) is 33.2 Å². The summed E-state index contributed by atoms with van der Waals surface area (Å²) in [5.41, 5.74) is 3.37. The third-order valence-electron chi connectivity index (χ3n) is 4.52. The molecule has 7 nitrogen and oxygen atoms in total. The number of fused-ring (bicyclic) bond motifs is 2. The molecule has 0 saturated carbocycles. The lowest BCUT2D eigenvalue weighted by Crippen LogP contribution is -2.16. The fourth-order valence-electron chi connectivity index (χ4n) is 3.16. The van der Waals surface area contributed by atoms with Gasteiger partial charge in [0.2, 0.25) is 0 Å². The molecule has 1 amide bonds. The van der Waals surface area contributed by atoms with Crippen LogP contribution in [0, 0.1) is 10.1 Å². The van der Waals surface area contributed by atoms with Crippen molar-refractivity contribution in [3.63, 3.8) is 0 Å². The van der Waals surface area contributed by atoms with Crippen LogP contribution in [-0.2, 0) is 0 Å². The van der Waals surface area contributed by atoms with Gasteiger partial charge in [0.05, 0.1) is 22.6 Å². The molecule has 1 heterocycles. The zero-order chi connectivity index (χ0) is 21.1. The number of ether oxygens (including phenoxy) is 1. The van der Waals surface area contributed by atoms with Crippen LogP contribution in [0.25, 0.3) is 20.9 Å². The van der Waals surface area contributed by atoms with Crippen molar-refractivity contribution < 1.29 is 14.5 Å². The SMILES string of the molecule is CCOc1ccc(C=NNC(=O)c2cc3cc([N+](=O)[O-])ccc3s2)c2ccccc12. The van der Waals surface area contributed by atoms with E-state index in [1.54, 1.807) is 18.3 Å². The van der Waals surface area contributed by atoms with E-state index in [1.165, 1.54) is 23.5 Å². The van der Waals surface area contributed by atoms with Crippen LogP contribution < -0.4 is 10.2 Å². The molecule has 0 unspecified atom stereocenters. The summed E-state index contributed by atoms with van der Waals surface area (Å²) in [6.45, 7) is 2.51. The van der Waals surface area contributed by atoms with Crippen LogP contribution in [-0.4, -0.2) is 23.7 Å². The molecule has 0 fully saturated rings. The predicted octanol–water partition coefficient (Wildman–Crippen LogP) is 5.13. The highest BCUT2D eigenvalue weighted by Gasteiger charge is 2.13. The van der Waals surface area contributed by atoms with Crippen molar-refractivity contribution in [1.82, 2.24) is 5.43 Å². The molecule has 0 aliphatic heterocycles. The van der Waals surface area contributed by atoms with Crippen molar-refractivity contribution >= 4 is 50.0 Å². The van der Waals surface area contributed by atoms with Gasteiger partial charge in [0.15, 0.2) is 0 Å². The second-order valence-electron chi connectivity index (χ2n) is 6.42. The average molecular weight is 419 g/mol. The molecular weight excluding hydrogens is 402 g/mol. The molecule has 4 aromatic rings. The van der Waals surface area contributed by atoms with Crippen LogP contribution in [0.2, 0.25) is 0 Å². The summed E-state index contributed by atoms with van der Waals surface area (Å²) in [5, 5.41) is 17.6. The Balaban J connectivity index is 1.55. The quantitative estimate of drug-likeness (QED) is 0.266. The van der Waals surface area contributed by atoms with E-state index in [4.69, 9.17) is 4.74 Å². The zero-order valence-electron chi connectivity index (χ0n) is 16.0. The number of thiophene rings is 1. The molecule has 0 aliphatic carbocycles. The summed E-state index contributed by atoms with van der Waals surface area (Å²) in [4.78, 5) is 23.3. The van der Waals surface area contributed by atoms with Gasteiger partial charge in [0.1, 0.15) is 5.75 Å². The molecule has 0 spiro atoms. The number of amides is 1. The second-order valence-corrected chi connectivity index (χ2v) is 7.50. The van der Waals surface area contributed by atoms with E-state index in [2.05, 4.69) is 10.5 Å². The molecule has 0 radical (unpaired) electrons. The maximum absolute atomic E-state index is 12.5. The minimum absolute atomic E-state index is 0.00680. The Morgan fingerprint density at radius 2 is 1.97 bits per heavy atom. The Labute approximate surface area is 175 Å². The van der Waals surface area contributed by atoms with Gasteiger partial charge in [-0.25, -0.2) is 5.43 Å². The van der Waals surface area contributed by atoms with Crippen LogP contribution in [0.15, 0.2) is 65.8 Å². The first-order valence-corrected chi connectivity index (χ1v) is 10.0. The second kappa shape index (κ2) is 8.30. The number of nitrogens with zero attached hydrogens (tertiary/aromatic N) is 2. The maximum atomic E-state index is 12.5. The van der Waals surface area contributed by atoms with Crippen molar-refractivity contribution in [1.29, 1.82) is 0 Å². The number of hydrogen-bond donors (Lipinski definition) is 1. The zero-order valence-corrected chi connectivity index (χ0v) is 16.8. The van der Waals surface area contributed by atoms with Gasteiger partial charge in [0.25, 0.3) is 11.6 Å². The normalized spacial score (nSPS) is 11.2. The lowest BCUT2D eigenvalue weighted by atomic mass is 10.0. The number of benzene rings is 3. The van der Waals surface area contributed by atoms with Crippen LogP contribution in [0.5, 0.6) is 5.75 Å². The average Bonchev–Trinajstić information content (AvgIpc) is 3.19. The van der Waals surface area contributed by atoms with Crippen LogP contribution in [0.4, 0.5) is 5.69 Å². The Bertz CT molecular complexity index is 1300. The molecule has 8 heteroatoms. The van der Waals surface area contributed by atoms with Gasteiger partial charge >= 0.3 is 0 Å². The van der Waals surface area contributed by atoms with E-state index in [-0.39, 0.29) is 11.6 Å². The van der Waals surface area contributed by atoms with E-state index < -0.39 is 4.92 Å². The third kappa shape index (κ3) is 3.85. The van der Waals surface area contributed by atoms with Gasteiger partial charge in [-0.3, -0.25) is 14.9 Å². The number of nitro benzene ring substituents is 1. The van der Waals surface area contributed by atoms with Gasteiger partial charge in [-0.05, 0) is 36.6 Å². The fraction of sp³-hybridized carbons (Fsp3) is 0.0909. The number of carbonyl (C=O) groups is 1. The maximum Gasteiger partial charge on any atom is 0.281 e. The van der Waals surface area contributed by atoms with Crippen molar-refractivity contribution in [2.24, 2.45) is 5.10 Å². The van der Waals surface area contributed by atoms with E-state index >= 15 is 0 Å². The predicted molar refractivity (Wildman–Crippen MR) is 119 cm³/mol. The standard InChI is InChI=1S/C22H17N3O4S/c1-2-29-19-9-7-14(17-5-3-4-6-18(17)19)13-23-24-22(26)21-12-15-11-16(25(27)28)8-10-20(15)30-21/h3-13H,2H2,1H3,(H,24,26). The summed E-state index contributed by atoms with van der Waals surface area (Å²) in [6, 6.07) is 17.8. The van der Waals surface area contributed by atoms with Crippen molar-refractivity contribution in [2.45, 2.75) is 6.92 Å². The summed E-state index contributed by atoms with van der Waals surface area (Å²) < 4.78 is 6.47. The van der Waals surface area contributed by atoms with E-state index in [9.17, 15) is 14.9 Å². The van der Waals surface area contributed by atoms with Gasteiger partial charge in [-0.1, -0.05) is 24.3 Å².